The average Bonchev–Trinajstić information content (AvgIpc) is 2.19. The maximum atomic E-state index is 10.7. The van der Waals surface area contributed by atoms with Crippen molar-refractivity contribution in [3.8, 4) is 0 Å². The minimum absolute atomic E-state index is 0.0499. The number of rotatable bonds is 1. The van der Waals surface area contributed by atoms with Crippen LogP contribution in [-0.4, -0.2) is 21.2 Å². The third-order valence-corrected chi connectivity index (χ3v) is 2.39. The van der Waals surface area contributed by atoms with Gasteiger partial charge in [0.15, 0.2) is 5.76 Å². The van der Waals surface area contributed by atoms with E-state index in [4.69, 9.17) is 9.84 Å². The third kappa shape index (κ3) is 1.68. The molecule has 0 aromatic carbocycles. The minimum atomic E-state index is -1.29. The summed E-state index contributed by atoms with van der Waals surface area (Å²) in [5.74, 6) is -2.13. The highest BCUT2D eigenvalue weighted by molar-refractivity contribution is 9.10. The van der Waals surface area contributed by atoms with Crippen LogP contribution in [-0.2, 0) is 16.1 Å². The van der Waals surface area contributed by atoms with E-state index in [1.807, 2.05) is 0 Å². The number of aliphatic hydroxyl groups excluding tert-OH is 1. The van der Waals surface area contributed by atoms with Crippen molar-refractivity contribution in [3.63, 3.8) is 0 Å². The molecule has 15 heavy (non-hydrogen) atoms. The fraction of sp³-hybridized carbons (Fsp3) is 0.111. The molecule has 78 valence electrons. The first-order valence-corrected chi connectivity index (χ1v) is 4.83. The summed E-state index contributed by atoms with van der Waals surface area (Å²) >= 11 is 3.19. The fourth-order valence-electron chi connectivity index (χ4n) is 1.28. The summed E-state index contributed by atoms with van der Waals surface area (Å²) in [6.45, 7) is 0.0499. The maximum absolute atomic E-state index is 10.7. The largest absolute Gasteiger partial charge is 0.504 e. The van der Waals surface area contributed by atoms with Crippen molar-refractivity contribution in [2.24, 2.45) is 0 Å². The second kappa shape index (κ2) is 3.54. The molecule has 0 saturated carbocycles. The summed E-state index contributed by atoms with van der Waals surface area (Å²) in [6.07, 6.45) is 1.56. The number of halogens is 1. The van der Waals surface area contributed by atoms with E-state index in [0.717, 1.165) is 0 Å². The average molecular weight is 272 g/mol. The Morgan fingerprint density at radius 3 is 3.00 bits per heavy atom. The second-order valence-corrected chi connectivity index (χ2v) is 3.84. The van der Waals surface area contributed by atoms with Crippen LogP contribution in [0.4, 0.5) is 0 Å². The summed E-state index contributed by atoms with van der Waals surface area (Å²) in [6, 6.07) is 1.60. The standard InChI is InChI=1S/C9H6BrNO4/c10-4-1-5-6(11-2-4)3-15-8(7(5)12)9(13)14/h1-2,12H,3H2,(H,13,14). The van der Waals surface area contributed by atoms with E-state index in [1.165, 1.54) is 0 Å². The normalized spacial score (nSPS) is 14.5. The van der Waals surface area contributed by atoms with Crippen LogP contribution in [0.2, 0.25) is 0 Å². The number of fused-ring (bicyclic) bond motifs is 1. The van der Waals surface area contributed by atoms with E-state index in [0.29, 0.717) is 15.7 Å². The highest BCUT2D eigenvalue weighted by atomic mass is 79.9. The molecular weight excluding hydrogens is 266 g/mol. The van der Waals surface area contributed by atoms with Crippen molar-refractivity contribution in [2.45, 2.75) is 6.61 Å². The molecule has 0 atom stereocenters. The Morgan fingerprint density at radius 1 is 1.60 bits per heavy atom. The number of aliphatic carboxylic acids is 1. The van der Waals surface area contributed by atoms with Gasteiger partial charge in [0, 0.05) is 16.2 Å². The Morgan fingerprint density at radius 2 is 2.33 bits per heavy atom. The molecule has 1 aliphatic heterocycles. The zero-order valence-electron chi connectivity index (χ0n) is 7.40. The van der Waals surface area contributed by atoms with Crippen molar-refractivity contribution in [1.29, 1.82) is 0 Å². The number of carboxylic acid groups (broad SMARTS) is 1. The number of carbonyl (C=O) groups is 1. The lowest BCUT2D eigenvalue weighted by Gasteiger charge is -2.17. The van der Waals surface area contributed by atoms with Gasteiger partial charge < -0.3 is 14.9 Å². The highest BCUT2D eigenvalue weighted by Gasteiger charge is 2.25. The molecule has 0 saturated heterocycles. The number of nitrogens with zero attached hydrogens (tertiary/aromatic N) is 1. The van der Waals surface area contributed by atoms with Crippen molar-refractivity contribution < 1.29 is 19.7 Å². The lowest BCUT2D eigenvalue weighted by Crippen LogP contribution is -2.15. The van der Waals surface area contributed by atoms with Gasteiger partial charge in [0.1, 0.15) is 6.61 Å². The molecule has 1 aromatic rings. The molecule has 2 N–H and O–H groups in total. The molecule has 0 bridgehead atoms. The van der Waals surface area contributed by atoms with Crippen LogP contribution in [0.5, 0.6) is 0 Å². The Kier molecular flexibility index (Phi) is 2.36. The first-order valence-electron chi connectivity index (χ1n) is 4.03. The molecule has 0 aliphatic carbocycles. The van der Waals surface area contributed by atoms with Gasteiger partial charge in [-0.3, -0.25) is 4.98 Å². The zero-order chi connectivity index (χ0) is 11.0. The summed E-state index contributed by atoms with van der Waals surface area (Å²) in [7, 11) is 0. The van der Waals surface area contributed by atoms with Gasteiger partial charge in [-0.1, -0.05) is 0 Å². The number of aromatic nitrogens is 1. The van der Waals surface area contributed by atoms with Gasteiger partial charge in [0.25, 0.3) is 0 Å². The summed E-state index contributed by atoms with van der Waals surface area (Å²) in [5.41, 5.74) is 0.897. The molecule has 0 radical (unpaired) electrons. The molecule has 0 unspecified atom stereocenters. The predicted octanol–water partition coefficient (Wildman–Crippen LogP) is 1.69. The predicted molar refractivity (Wildman–Crippen MR) is 53.9 cm³/mol. The highest BCUT2D eigenvalue weighted by Crippen LogP contribution is 2.28. The minimum Gasteiger partial charge on any atom is -0.504 e. The monoisotopic (exact) mass is 271 g/mol. The van der Waals surface area contributed by atoms with Gasteiger partial charge in [-0.15, -0.1) is 0 Å². The van der Waals surface area contributed by atoms with E-state index in [1.54, 1.807) is 12.3 Å². The van der Waals surface area contributed by atoms with Crippen molar-refractivity contribution in [1.82, 2.24) is 4.98 Å². The maximum Gasteiger partial charge on any atom is 0.375 e. The van der Waals surface area contributed by atoms with Gasteiger partial charge in [0.2, 0.25) is 5.76 Å². The molecule has 1 aliphatic rings. The number of ether oxygens (including phenoxy) is 1. The van der Waals surface area contributed by atoms with E-state index in [9.17, 15) is 9.90 Å². The lowest BCUT2D eigenvalue weighted by molar-refractivity contribution is -0.137. The van der Waals surface area contributed by atoms with Gasteiger partial charge in [0.05, 0.1) is 5.69 Å². The van der Waals surface area contributed by atoms with Gasteiger partial charge in [-0.2, -0.15) is 0 Å². The topological polar surface area (TPSA) is 79.7 Å². The van der Waals surface area contributed by atoms with Crippen LogP contribution in [0.15, 0.2) is 22.5 Å². The first-order chi connectivity index (χ1) is 7.09. The van der Waals surface area contributed by atoms with Crippen molar-refractivity contribution >= 4 is 27.7 Å². The van der Waals surface area contributed by atoms with E-state index < -0.39 is 17.5 Å². The second-order valence-electron chi connectivity index (χ2n) is 2.92. The molecule has 0 fully saturated rings. The van der Waals surface area contributed by atoms with E-state index >= 15 is 0 Å². The Balaban J connectivity index is 2.59. The Labute approximate surface area is 93.1 Å². The molecule has 6 heteroatoms. The number of aliphatic hydroxyl groups is 1. The van der Waals surface area contributed by atoms with Crippen LogP contribution in [0.1, 0.15) is 11.3 Å². The van der Waals surface area contributed by atoms with Crippen LogP contribution in [0.3, 0.4) is 0 Å². The summed E-state index contributed by atoms with van der Waals surface area (Å²) in [5, 5.41) is 18.4. The van der Waals surface area contributed by atoms with Crippen molar-refractivity contribution in [2.75, 3.05) is 0 Å². The summed E-state index contributed by atoms with van der Waals surface area (Å²) in [4.78, 5) is 14.7. The van der Waals surface area contributed by atoms with Crippen LogP contribution >= 0.6 is 15.9 Å². The van der Waals surface area contributed by atoms with Crippen LogP contribution in [0.25, 0.3) is 5.76 Å². The van der Waals surface area contributed by atoms with Crippen LogP contribution < -0.4 is 0 Å². The van der Waals surface area contributed by atoms with Gasteiger partial charge in [-0.05, 0) is 22.0 Å². The Bertz CT molecular complexity index is 469. The van der Waals surface area contributed by atoms with E-state index in [-0.39, 0.29) is 6.61 Å². The van der Waals surface area contributed by atoms with Gasteiger partial charge >= 0.3 is 5.97 Å². The first kappa shape index (κ1) is 9.97. The summed E-state index contributed by atoms with van der Waals surface area (Å²) < 4.78 is 5.54. The SMILES string of the molecule is O=C(O)C1=C(O)c2cc(Br)cnc2CO1. The van der Waals surface area contributed by atoms with Crippen LogP contribution in [0, 0.1) is 0 Å². The molecule has 2 rings (SSSR count). The molecule has 5 nitrogen and oxygen atoms in total. The lowest BCUT2D eigenvalue weighted by atomic mass is 10.1. The molecule has 0 spiro atoms. The fourth-order valence-corrected chi connectivity index (χ4v) is 1.61. The smallest absolute Gasteiger partial charge is 0.375 e. The van der Waals surface area contributed by atoms with Gasteiger partial charge in [-0.25, -0.2) is 4.79 Å². The number of pyridine rings is 1. The van der Waals surface area contributed by atoms with E-state index in [2.05, 4.69) is 20.9 Å². The quantitative estimate of drug-likeness (QED) is 0.813. The number of hydrogen-bond donors (Lipinski definition) is 2. The number of carboxylic acids is 1. The van der Waals surface area contributed by atoms with Crippen molar-refractivity contribution in [3.05, 3.63) is 33.8 Å². The molecule has 0 amide bonds. The molecule has 2 heterocycles. The molecular formula is C9H6BrNO4. The molecule has 1 aromatic heterocycles. The Hall–Kier alpha value is -1.56. The third-order valence-electron chi connectivity index (χ3n) is 1.95. The zero-order valence-corrected chi connectivity index (χ0v) is 8.98. The number of hydrogen-bond acceptors (Lipinski definition) is 4.